The Hall–Kier alpha value is -1.64. The predicted octanol–water partition coefficient (Wildman–Crippen LogP) is 3.62. The largest absolute Gasteiger partial charge is 0.359 e. The normalized spacial score (nSPS) is 11.2. The Kier molecular flexibility index (Phi) is 4.26. The monoisotopic (exact) mass is 386 g/mol. The van der Waals surface area contributed by atoms with E-state index in [9.17, 15) is 4.79 Å². The molecule has 0 spiro atoms. The van der Waals surface area contributed by atoms with Crippen LogP contribution in [0.5, 0.6) is 0 Å². The van der Waals surface area contributed by atoms with E-state index in [4.69, 9.17) is 4.52 Å². The van der Waals surface area contributed by atoms with Gasteiger partial charge in [-0.15, -0.1) is 0 Å². The summed E-state index contributed by atoms with van der Waals surface area (Å²) in [6.07, 6.45) is 0. The lowest BCUT2D eigenvalue weighted by atomic mass is 9.93. The van der Waals surface area contributed by atoms with Gasteiger partial charge in [-0.25, -0.2) is 9.78 Å². The third-order valence-corrected chi connectivity index (χ3v) is 3.05. The summed E-state index contributed by atoms with van der Waals surface area (Å²) in [5.74, 6) is 1.56. The average Bonchev–Trinajstić information content (AvgIpc) is 2.76. The molecule has 0 unspecified atom stereocenters. The van der Waals surface area contributed by atoms with Crippen LogP contribution in [0, 0.1) is 3.70 Å². The maximum absolute atomic E-state index is 11.8. The molecule has 0 saturated carbocycles. The minimum Gasteiger partial charge on any atom is -0.359 e. The van der Waals surface area contributed by atoms with Gasteiger partial charge in [0, 0.05) is 11.5 Å². The zero-order valence-electron chi connectivity index (χ0n) is 11.4. The minimum atomic E-state index is -0.409. The van der Waals surface area contributed by atoms with Gasteiger partial charge >= 0.3 is 6.03 Å². The number of amides is 2. The van der Waals surface area contributed by atoms with E-state index in [2.05, 4.69) is 43.4 Å². The summed E-state index contributed by atoms with van der Waals surface area (Å²) in [4.78, 5) is 16.0. The van der Waals surface area contributed by atoms with Gasteiger partial charge in [0.2, 0.25) is 0 Å². The maximum atomic E-state index is 11.8. The summed E-state index contributed by atoms with van der Waals surface area (Å²) >= 11 is 2.08. The smallest absolute Gasteiger partial charge is 0.326 e. The lowest BCUT2D eigenvalue weighted by Gasteiger charge is -2.12. The van der Waals surface area contributed by atoms with Gasteiger partial charge in [0.05, 0.1) is 0 Å². The second-order valence-corrected chi connectivity index (χ2v) is 6.36. The van der Waals surface area contributed by atoms with Crippen LogP contribution < -0.4 is 10.6 Å². The van der Waals surface area contributed by atoms with E-state index in [1.807, 2.05) is 32.9 Å². The van der Waals surface area contributed by atoms with Gasteiger partial charge < -0.3 is 4.52 Å². The van der Waals surface area contributed by atoms with Crippen LogP contribution in [0.15, 0.2) is 28.8 Å². The molecule has 0 bridgehead atoms. The van der Waals surface area contributed by atoms with Crippen LogP contribution in [-0.4, -0.2) is 16.2 Å². The van der Waals surface area contributed by atoms with E-state index in [-0.39, 0.29) is 5.41 Å². The van der Waals surface area contributed by atoms with Gasteiger partial charge in [-0.05, 0) is 34.7 Å². The minimum absolute atomic E-state index is 0.152. The van der Waals surface area contributed by atoms with E-state index >= 15 is 0 Å². The van der Waals surface area contributed by atoms with Gasteiger partial charge in [0.25, 0.3) is 0 Å². The summed E-state index contributed by atoms with van der Waals surface area (Å²) in [5, 5.41) is 9.05. The van der Waals surface area contributed by atoms with Crippen LogP contribution >= 0.6 is 22.6 Å². The first-order valence-electron chi connectivity index (χ1n) is 6.02. The zero-order valence-corrected chi connectivity index (χ0v) is 13.6. The number of nitrogens with zero attached hydrogens (tertiary/aromatic N) is 2. The average molecular weight is 386 g/mol. The lowest BCUT2D eigenvalue weighted by molar-refractivity contribution is 0.261. The molecule has 2 heterocycles. The molecule has 2 aromatic rings. The molecule has 106 valence electrons. The van der Waals surface area contributed by atoms with Crippen molar-refractivity contribution in [1.82, 2.24) is 10.1 Å². The van der Waals surface area contributed by atoms with Crippen LogP contribution in [0.3, 0.4) is 0 Å². The van der Waals surface area contributed by atoms with Crippen LogP contribution in [0.1, 0.15) is 26.5 Å². The number of hydrogen-bond acceptors (Lipinski definition) is 4. The Balaban J connectivity index is 2.00. The highest BCUT2D eigenvalue weighted by atomic mass is 127. The van der Waals surface area contributed by atoms with Crippen LogP contribution in [0.25, 0.3) is 0 Å². The standard InChI is InChI=1S/C13H15IN4O2/c1-13(2,3)8-7-11(18-20-8)17-12(19)16-10-6-4-5-9(14)15-10/h4-7H,1-3H3,(H2,15,16,17,18,19). The molecular weight excluding hydrogens is 371 g/mol. The Labute approximate surface area is 130 Å². The Morgan fingerprint density at radius 3 is 2.55 bits per heavy atom. The number of urea groups is 1. The fourth-order valence-electron chi connectivity index (χ4n) is 1.43. The van der Waals surface area contributed by atoms with Crippen molar-refractivity contribution in [2.24, 2.45) is 0 Å². The number of carbonyl (C=O) groups excluding carboxylic acids is 1. The van der Waals surface area contributed by atoms with Crippen molar-refractivity contribution in [1.29, 1.82) is 0 Å². The second kappa shape index (κ2) is 5.78. The first-order chi connectivity index (χ1) is 9.34. The summed E-state index contributed by atoms with van der Waals surface area (Å²) in [5.41, 5.74) is -0.152. The van der Waals surface area contributed by atoms with Crippen LogP contribution in [0.2, 0.25) is 0 Å². The van der Waals surface area contributed by atoms with Crippen molar-refractivity contribution in [3.63, 3.8) is 0 Å². The zero-order chi connectivity index (χ0) is 14.8. The maximum Gasteiger partial charge on any atom is 0.326 e. The molecule has 7 heteroatoms. The second-order valence-electron chi connectivity index (χ2n) is 5.25. The highest BCUT2D eigenvalue weighted by Gasteiger charge is 2.20. The first kappa shape index (κ1) is 14.8. The highest BCUT2D eigenvalue weighted by Crippen LogP contribution is 2.24. The van der Waals surface area contributed by atoms with E-state index in [1.54, 1.807) is 12.1 Å². The number of anilines is 2. The molecule has 0 aliphatic rings. The van der Waals surface area contributed by atoms with Crippen molar-refractivity contribution in [3.05, 3.63) is 33.7 Å². The molecule has 0 radical (unpaired) electrons. The van der Waals surface area contributed by atoms with Gasteiger partial charge in [-0.1, -0.05) is 32.0 Å². The summed E-state index contributed by atoms with van der Waals surface area (Å²) in [6, 6.07) is 6.68. The van der Waals surface area contributed by atoms with Crippen molar-refractivity contribution >= 4 is 40.3 Å². The van der Waals surface area contributed by atoms with Crippen LogP contribution in [-0.2, 0) is 5.41 Å². The Morgan fingerprint density at radius 1 is 1.25 bits per heavy atom. The third-order valence-electron chi connectivity index (χ3n) is 2.45. The van der Waals surface area contributed by atoms with Crippen molar-refractivity contribution < 1.29 is 9.32 Å². The molecule has 0 aliphatic carbocycles. The van der Waals surface area contributed by atoms with E-state index < -0.39 is 6.03 Å². The molecule has 6 nitrogen and oxygen atoms in total. The molecule has 0 aliphatic heterocycles. The number of carbonyl (C=O) groups is 1. The van der Waals surface area contributed by atoms with E-state index in [0.717, 1.165) is 3.70 Å². The number of aromatic nitrogens is 2. The molecule has 2 N–H and O–H groups in total. The van der Waals surface area contributed by atoms with Crippen molar-refractivity contribution in [2.45, 2.75) is 26.2 Å². The summed E-state index contributed by atoms with van der Waals surface area (Å²) in [6.45, 7) is 6.02. The fourth-order valence-corrected chi connectivity index (χ4v) is 1.90. The van der Waals surface area contributed by atoms with Gasteiger partial charge in [-0.3, -0.25) is 10.6 Å². The molecule has 0 atom stereocenters. The molecule has 0 aromatic carbocycles. The number of hydrogen-bond donors (Lipinski definition) is 2. The number of halogens is 1. The molecule has 0 fully saturated rings. The summed E-state index contributed by atoms with van der Waals surface area (Å²) < 4.78 is 5.99. The molecule has 2 aromatic heterocycles. The Bertz CT molecular complexity index is 619. The van der Waals surface area contributed by atoms with Gasteiger partial charge in [0.15, 0.2) is 5.82 Å². The number of nitrogens with one attached hydrogen (secondary N) is 2. The van der Waals surface area contributed by atoms with Gasteiger partial charge in [-0.2, -0.15) is 0 Å². The molecular formula is C13H15IN4O2. The Morgan fingerprint density at radius 2 is 1.95 bits per heavy atom. The van der Waals surface area contributed by atoms with Crippen LogP contribution in [0.4, 0.5) is 16.4 Å². The molecule has 0 saturated heterocycles. The predicted molar refractivity (Wildman–Crippen MR) is 84.8 cm³/mol. The van der Waals surface area contributed by atoms with Gasteiger partial charge in [0.1, 0.15) is 15.3 Å². The van der Waals surface area contributed by atoms with E-state index in [1.165, 1.54) is 0 Å². The highest BCUT2D eigenvalue weighted by molar-refractivity contribution is 14.1. The molecule has 2 amide bonds. The topological polar surface area (TPSA) is 80.0 Å². The summed E-state index contributed by atoms with van der Waals surface area (Å²) in [7, 11) is 0. The van der Waals surface area contributed by atoms with E-state index in [0.29, 0.717) is 17.4 Å². The number of pyridine rings is 1. The van der Waals surface area contributed by atoms with Crippen molar-refractivity contribution in [2.75, 3.05) is 10.6 Å². The molecule has 20 heavy (non-hydrogen) atoms. The number of rotatable bonds is 2. The quantitative estimate of drug-likeness (QED) is 0.611. The fraction of sp³-hybridized carbons (Fsp3) is 0.308. The third kappa shape index (κ3) is 3.92. The van der Waals surface area contributed by atoms with Crippen molar-refractivity contribution in [3.8, 4) is 0 Å². The lowest BCUT2D eigenvalue weighted by Crippen LogP contribution is -2.20. The molecule has 2 rings (SSSR count). The SMILES string of the molecule is CC(C)(C)c1cc(NC(=O)Nc2cccc(I)n2)no1. The first-order valence-corrected chi connectivity index (χ1v) is 7.10.